The number of rotatable bonds is 4. The summed E-state index contributed by atoms with van der Waals surface area (Å²) in [6.45, 7) is 2.76. The average molecular weight is 354 g/mol. The SMILES string of the molecule is CCNc1ncc(Br)cc1C(=O)N(C)C1CCCCCC1. The van der Waals surface area contributed by atoms with Crippen molar-refractivity contribution in [2.45, 2.75) is 51.5 Å². The fourth-order valence-electron chi connectivity index (χ4n) is 2.91. The molecule has 1 heterocycles. The second-order valence-corrected chi connectivity index (χ2v) is 6.56. The monoisotopic (exact) mass is 353 g/mol. The molecule has 0 spiro atoms. The standard InChI is InChI=1S/C16H24BrN3O/c1-3-18-15-14(10-12(17)11-19-15)16(21)20(2)13-8-6-4-5-7-9-13/h10-11,13H,3-9H2,1-2H3,(H,18,19). The maximum atomic E-state index is 12.8. The summed E-state index contributed by atoms with van der Waals surface area (Å²) in [5.74, 6) is 0.734. The van der Waals surface area contributed by atoms with E-state index in [-0.39, 0.29) is 5.91 Å². The minimum absolute atomic E-state index is 0.0617. The van der Waals surface area contributed by atoms with Gasteiger partial charge in [0.05, 0.1) is 5.56 Å². The highest BCUT2D eigenvalue weighted by molar-refractivity contribution is 9.10. The van der Waals surface area contributed by atoms with Crippen molar-refractivity contribution in [3.63, 3.8) is 0 Å². The summed E-state index contributed by atoms with van der Waals surface area (Å²) >= 11 is 3.41. The molecule has 0 bridgehead atoms. The van der Waals surface area contributed by atoms with Crippen LogP contribution in [0.2, 0.25) is 0 Å². The van der Waals surface area contributed by atoms with Gasteiger partial charge in [0.2, 0.25) is 0 Å². The van der Waals surface area contributed by atoms with E-state index in [0.717, 1.165) is 23.9 Å². The summed E-state index contributed by atoms with van der Waals surface area (Å²) in [6.07, 6.45) is 8.97. The van der Waals surface area contributed by atoms with E-state index in [1.807, 2.05) is 24.9 Å². The maximum absolute atomic E-state index is 12.8. The molecule has 21 heavy (non-hydrogen) atoms. The molecule has 2 rings (SSSR count). The van der Waals surface area contributed by atoms with Gasteiger partial charge in [0.25, 0.3) is 5.91 Å². The number of carbonyl (C=O) groups excluding carboxylic acids is 1. The van der Waals surface area contributed by atoms with Gasteiger partial charge < -0.3 is 10.2 Å². The second-order valence-electron chi connectivity index (χ2n) is 5.64. The third kappa shape index (κ3) is 4.19. The van der Waals surface area contributed by atoms with E-state index >= 15 is 0 Å². The lowest BCUT2D eigenvalue weighted by Gasteiger charge is -2.28. The normalized spacial score (nSPS) is 16.3. The Balaban J connectivity index is 2.19. The molecule has 0 saturated heterocycles. The Labute approximate surface area is 135 Å². The van der Waals surface area contributed by atoms with Crippen LogP contribution in [0.15, 0.2) is 16.7 Å². The Morgan fingerprint density at radius 1 is 1.38 bits per heavy atom. The Morgan fingerprint density at radius 2 is 2.05 bits per heavy atom. The van der Waals surface area contributed by atoms with E-state index in [1.54, 1.807) is 6.20 Å². The molecule has 1 aromatic heterocycles. The highest BCUT2D eigenvalue weighted by Crippen LogP contribution is 2.25. The summed E-state index contributed by atoms with van der Waals surface area (Å²) < 4.78 is 0.835. The van der Waals surface area contributed by atoms with Gasteiger partial charge in [-0.15, -0.1) is 0 Å². The Morgan fingerprint density at radius 3 is 2.67 bits per heavy atom. The van der Waals surface area contributed by atoms with E-state index in [2.05, 4.69) is 26.2 Å². The van der Waals surface area contributed by atoms with Crippen molar-refractivity contribution in [3.05, 3.63) is 22.3 Å². The molecule has 1 N–H and O–H groups in total. The number of hydrogen-bond donors (Lipinski definition) is 1. The number of aromatic nitrogens is 1. The van der Waals surface area contributed by atoms with E-state index in [4.69, 9.17) is 0 Å². The first-order valence-corrected chi connectivity index (χ1v) is 8.59. The van der Waals surface area contributed by atoms with Gasteiger partial charge >= 0.3 is 0 Å². The molecule has 0 unspecified atom stereocenters. The van der Waals surface area contributed by atoms with Crippen molar-refractivity contribution >= 4 is 27.7 Å². The van der Waals surface area contributed by atoms with Crippen molar-refractivity contribution in [1.82, 2.24) is 9.88 Å². The molecule has 1 aliphatic carbocycles. The fraction of sp³-hybridized carbons (Fsp3) is 0.625. The van der Waals surface area contributed by atoms with Crippen LogP contribution < -0.4 is 5.32 Å². The van der Waals surface area contributed by atoms with Crippen LogP contribution in [-0.2, 0) is 0 Å². The summed E-state index contributed by atoms with van der Waals surface area (Å²) in [4.78, 5) is 19.1. The zero-order valence-corrected chi connectivity index (χ0v) is 14.4. The second kappa shape index (κ2) is 7.78. The highest BCUT2D eigenvalue weighted by Gasteiger charge is 2.24. The lowest BCUT2D eigenvalue weighted by Crippen LogP contribution is -2.37. The van der Waals surface area contributed by atoms with Crippen molar-refractivity contribution in [2.75, 3.05) is 18.9 Å². The molecule has 0 aromatic carbocycles. The molecule has 1 aromatic rings. The summed E-state index contributed by atoms with van der Waals surface area (Å²) in [6, 6.07) is 2.22. The number of halogens is 1. The van der Waals surface area contributed by atoms with Crippen LogP contribution in [-0.4, -0.2) is 35.4 Å². The lowest BCUT2D eigenvalue weighted by molar-refractivity contribution is 0.0718. The molecule has 1 fully saturated rings. The van der Waals surface area contributed by atoms with Crippen molar-refractivity contribution in [3.8, 4) is 0 Å². The van der Waals surface area contributed by atoms with Crippen LogP contribution in [0, 0.1) is 0 Å². The number of nitrogens with zero attached hydrogens (tertiary/aromatic N) is 2. The van der Waals surface area contributed by atoms with Crippen LogP contribution in [0.3, 0.4) is 0 Å². The number of hydrogen-bond acceptors (Lipinski definition) is 3. The quantitative estimate of drug-likeness (QED) is 0.829. The molecule has 5 heteroatoms. The van der Waals surface area contributed by atoms with Crippen LogP contribution in [0.4, 0.5) is 5.82 Å². The van der Waals surface area contributed by atoms with Crippen LogP contribution in [0.5, 0.6) is 0 Å². The number of anilines is 1. The summed E-state index contributed by atoms with van der Waals surface area (Å²) in [5.41, 5.74) is 0.651. The molecule has 1 amide bonds. The Hall–Kier alpha value is -1.10. The van der Waals surface area contributed by atoms with Crippen LogP contribution in [0.25, 0.3) is 0 Å². The van der Waals surface area contributed by atoms with Gasteiger partial charge in [-0.3, -0.25) is 4.79 Å². The summed E-state index contributed by atoms with van der Waals surface area (Å²) in [5, 5.41) is 3.17. The largest absolute Gasteiger partial charge is 0.370 e. The number of carbonyl (C=O) groups is 1. The van der Waals surface area contributed by atoms with E-state index in [0.29, 0.717) is 17.4 Å². The minimum atomic E-state index is 0.0617. The molecule has 0 radical (unpaired) electrons. The molecular weight excluding hydrogens is 330 g/mol. The first-order valence-electron chi connectivity index (χ1n) is 7.80. The molecule has 1 aliphatic rings. The van der Waals surface area contributed by atoms with E-state index in [1.165, 1.54) is 25.7 Å². The Bertz CT molecular complexity index is 484. The van der Waals surface area contributed by atoms with Crippen molar-refractivity contribution in [2.24, 2.45) is 0 Å². The summed E-state index contributed by atoms with van der Waals surface area (Å²) in [7, 11) is 1.93. The van der Waals surface area contributed by atoms with Crippen molar-refractivity contribution < 1.29 is 4.79 Å². The highest BCUT2D eigenvalue weighted by atomic mass is 79.9. The molecule has 0 atom stereocenters. The fourth-order valence-corrected chi connectivity index (χ4v) is 3.24. The first-order chi connectivity index (χ1) is 10.1. The molecular formula is C16H24BrN3O. The topological polar surface area (TPSA) is 45.2 Å². The average Bonchev–Trinajstić information content (AvgIpc) is 2.77. The van der Waals surface area contributed by atoms with Crippen LogP contribution in [0.1, 0.15) is 55.8 Å². The van der Waals surface area contributed by atoms with Crippen LogP contribution >= 0.6 is 15.9 Å². The van der Waals surface area contributed by atoms with Gasteiger partial charge in [0.1, 0.15) is 5.82 Å². The van der Waals surface area contributed by atoms with Gasteiger partial charge in [-0.05, 0) is 41.8 Å². The predicted molar refractivity (Wildman–Crippen MR) is 89.7 cm³/mol. The van der Waals surface area contributed by atoms with Gasteiger partial charge in [-0.25, -0.2) is 4.98 Å². The number of pyridine rings is 1. The van der Waals surface area contributed by atoms with Crippen molar-refractivity contribution in [1.29, 1.82) is 0 Å². The zero-order valence-electron chi connectivity index (χ0n) is 12.9. The molecule has 1 saturated carbocycles. The number of amides is 1. The molecule has 4 nitrogen and oxygen atoms in total. The van der Waals surface area contributed by atoms with Gasteiger partial charge in [0.15, 0.2) is 0 Å². The zero-order chi connectivity index (χ0) is 15.2. The molecule has 116 valence electrons. The first kappa shape index (κ1) is 16.3. The maximum Gasteiger partial charge on any atom is 0.257 e. The van der Waals surface area contributed by atoms with E-state index in [9.17, 15) is 4.79 Å². The number of nitrogens with one attached hydrogen (secondary N) is 1. The van der Waals surface area contributed by atoms with Gasteiger partial charge in [-0.2, -0.15) is 0 Å². The molecule has 0 aliphatic heterocycles. The predicted octanol–water partition coefficient (Wildman–Crippen LogP) is 4.07. The third-order valence-electron chi connectivity index (χ3n) is 4.12. The van der Waals surface area contributed by atoms with Gasteiger partial charge in [-0.1, -0.05) is 25.7 Å². The van der Waals surface area contributed by atoms with Gasteiger partial charge in [0, 0.05) is 30.3 Å². The lowest BCUT2D eigenvalue weighted by atomic mass is 10.1. The smallest absolute Gasteiger partial charge is 0.257 e. The third-order valence-corrected chi connectivity index (χ3v) is 4.56. The van der Waals surface area contributed by atoms with E-state index < -0.39 is 0 Å². The minimum Gasteiger partial charge on any atom is -0.370 e. The Kier molecular flexibility index (Phi) is 6.03.